The molecule has 4 N–H and O–H groups in total. The minimum atomic E-state index is -0.597. The van der Waals surface area contributed by atoms with Gasteiger partial charge in [0.1, 0.15) is 0 Å². The fourth-order valence-corrected chi connectivity index (χ4v) is 1.26. The summed E-state index contributed by atoms with van der Waals surface area (Å²) < 4.78 is 0.534. The average Bonchev–Trinajstić information content (AvgIpc) is 2.48. The Kier molecular flexibility index (Phi) is 3.84. The van der Waals surface area contributed by atoms with Crippen LogP contribution < -0.4 is 5.32 Å². The zero-order valence-corrected chi connectivity index (χ0v) is 8.65. The number of carbonyl (C=O) groups excluding carboxylic acids is 1. The zero-order valence-electron chi connectivity index (χ0n) is 7.83. The summed E-state index contributed by atoms with van der Waals surface area (Å²) in [6.07, 6.45) is 1.55. The predicted molar refractivity (Wildman–Crippen MR) is 54.4 cm³/mol. The molecule has 1 rings (SSSR count). The number of H-pyrrole nitrogens is 2. The fraction of sp³-hybridized carbons (Fsp3) is 0.500. The molecule has 0 radical (unpaired) electrons. The number of imidazole rings is 1. The molecule has 6 heteroatoms. The summed E-state index contributed by atoms with van der Waals surface area (Å²) in [5.41, 5.74) is 0.827. The van der Waals surface area contributed by atoms with Gasteiger partial charge in [0, 0.05) is 31.8 Å². The van der Waals surface area contributed by atoms with E-state index in [1.54, 1.807) is 6.20 Å². The first-order chi connectivity index (χ1) is 6.58. The second-order valence-electron chi connectivity index (χ2n) is 3.06. The molecule has 0 bridgehead atoms. The van der Waals surface area contributed by atoms with Crippen molar-refractivity contribution in [2.75, 3.05) is 6.54 Å². The monoisotopic (exact) mass is 215 g/mol. The van der Waals surface area contributed by atoms with Gasteiger partial charge in [-0.25, -0.2) is 0 Å². The van der Waals surface area contributed by atoms with Gasteiger partial charge in [-0.3, -0.25) is 4.79 Å². The molecule has 0 saturated carbocycles. The first-order valence-electron chi connectivity index (χ1n) is 4.27. The standard InChI is InChI=1S/C8H13N3O2S/c1-5(12)9-4-7(13)2-6-3-10-8(14)11-6/h3,7,13H,2,4H2,1H3,(H,9,12)(H2,10,11,14). The van der Waals surface area contributed by atoms with E-state index in [4.69, 9.17) is 12.2 Å². The van der Waals surface area contributed by atoms with Gasteiger partial charge in [0.25, 0.3) is 0 Å². The van der Waals surface area contributed by atoms with Crippen molar-refractivity contribution in [1.29, 1.82) is 0 Å². The highest BCUT2D eigenvalue weighted by Crippen LogP contribution is 1.98. The van der Waals surface area contributed by atoms with Crippen LogP contribution in [0.4, 0.5) is 0 Å². The van der Waals surface area contributed by atoms with Crippen molar-refractivity contribution < 1.29 is 9.90 Å². The van der Waals surface area contributed by atoms with Gasteiger partial charge in [0.2, 0.25) is 5.91 Å². The summed E-state index contributed by atoms with van der Waals surface area (Å²) in [5, 5.41) is 12.0. The molecule has 14 heavy (non-hydrogen) atoms. The summed E-state index contributed by atoms with van der Waals surface area (Å²) >= 11 is 4.83. The highest BCUT2D eigenvalue weighted by molar-refractivity contribution is 7.71. The maximum atomic E-state index is 10.6. The van der Waals surface area contributed by atoms with Crippen LogP contribution >= 0.6 is 12.2 Å². The number of hydrogen-bond donors (Lipinski definition) is 4. The van der Waals surface area contributed by atoms with Crippen LogP contribution in [0.5, 0.6) is 0 Å². The Bertz CT molecular complexity index is 357. The highest BCUT2D eigenvalue weighted by atomic mass is 32.1. The molecule has 78 valence electrons. The van der Waals surface area contributed by atoms with Gasteiger partial charge < -0.3 is 20.4 Å². The summed E-state index contributed by atoms with van der Waals surface area (Å²) in [5.74, 6) is -0.147. The first kappa shape index (κ1) is 10.9. The molecule has 1 aromatic rings. The Labute approximate surface area is 86.5 Å². The largest absolute Gasteiger partial charge is 0.391 e. The predicted octanol–water partition coefficient (Wildman–Crippen LogP) is 0.112. The summed E-state index contributed by atoms with van der Waals surface area (Å²) in [7, 11) is 0. The van der Waals surface area contributed by atoms with Crippen LogP contribution in [0, 0.1) is 4.77 Å². The molecule has 1 amide bonds. The Balaban J connectivity index is 2.37. The molecule has 0 aliphatic rings. The molecule has 0 fully saturated rings. The zero-order chi connectivity index (χ0) is 10.6. The maximum absolute atomic E-state index is 10.6. The van der Waals surface area contributed by atoms with Gasteiger partial charge in [-0.05, 0) is 12.2 Å². The van der Waals surface area contributed by atoms with E-state index in [-0.39, 0.29) is 12.5 Å². The van der Waals surface area contributed by atoms with Gasteiger partial charge in [-0.15, -0.1) is 0 Å². The Hall–Kier alpha value is -1.14. The Morgan fingerprint density at radius 1 is 1.79 bits per heavy atom. The lowest BCUT2D eigenvalue weighted by Crippen LogP contribution is -2.31. The van der Waals surface area contributed by atoms with Gasteiger partial charge >= 0.3 is 0 Å². The number of aliphatic hydroxyl groups is 1. The third kappa shape index (κ3) is 3.71. The molecule has 0 aliphatic carbocycles. The second-order valence-corrected chi connectivity index (χ2v) is 3.47. The summed E-state index contributed by atoms with van der Waals surface area (Å²) in [6, 6.07) is 0. The molecule has 0 aromatic carbocycles. The average molecular weight is 215 g/mol. The summed E-state index contributed by atoms with van der Waals surface area (Å²) in [4.78, 5) is 16.2. The maximum Gasteiger partial charge on any atom is 0.216 e. The van der Waals surface area contributed by atoms with Crippen LogP contribution in [-0.4, -0.2) is 33.6 Å². The molecule has 1 aromatic heterocycles. The van der Waals surface area contributed by atoms with Crippen molar-refractivity contribution in [2.24, 2.45) is 0 Å². The van der Waals surface area contributed by atoms with E-state index in [1.165, 1.54) is 6.92 Å². The SMILES string of the molecule is CC(=O)NCC(O)Cc1c[nH]c(=S)[nH]1. The van der Waals surface area contributed by atoms with Crippen LogP contribution in [0.1, 0.15) is 12.6 Å². The van der Waals surface area contributed by atoms with Crippen LogP contribution in [0.2, 0.25) is 0 Å². The van der Waals surface area contributed by atoms with E-state index >= 15 is 0 Å². The lowest BCUT2D eigenvalue weighted by molar-refractivity contribution is -0.119. The van der Waals surface area contributed by atoms with Crippen molar-refractivity contribution in [3.05, 3.63) is 16.7 Å². The first-order valence-corrected chi connectivity index (χ1v) is 4.68. The van der Waals surface area contributed by atoms with E-state index < -0.39 is 6.10 Å². The lowest BCUT2D eigenvalue weighted by atomic mass is 10.2. The summed E-state index contributed by atoms with van der Waals surface area (Å²) in [6.45, 7) is 1.66. The molecular weight excluding hydrogens is 202 g/mol. The van der Waals surface area contributed by atoms with E-state index in [0.29, 0.717) is 11.2 Å². The lowest BCUT2D eigenvalue weighted by Gasteiger charge is -2.08. The normalized spacial score (nSPS) is 12.4. The molecule has 5 nitrogen and oxygen atoms in total. The molecule has 0 spiro atoms. The molecule has 1 heterocycles. The van der Waals surface area contributed by atoms with Gasteiger partial charge in [-0.1, -0.05) is 0 Å². The van der Waals surface area contributed by atoms with Crippen molar-refractivity contribution in [3.63, 3.8) is 0 Å². The Morgan fingerprint density at radius 3 is 3.00 bits per heavy atom. The van der Waals surface area contributed by atoms with E-state index in [1.807, 2.05) is 0 Å². The van der Waals surface area contributed by atoms with E-state index in [0.717, 1.165) is 5.69 Å². The van der Waals surface area contributed by atoms with Gasteiger partial charge in [0.05, 0.1) is 6.10 Å². The molecule has 1 atom stereocenters. The number of nitrogens with one attached hydrogen (secondary N) is 3. The second kappa shape index (κ2) is 4.92. The number of carbonyl (C=O) groups is 1. The van der Waals surface area contributed by atoms with Crippen LogP contribution in [0.15, 0.2) is 6.20 Å². The van der Waals surface area contributed by atoms with Crippen molar-refractivity contribution >= 4 is 18.1 Å². The smallest absolute Gasteiger partial charge is 0.216 e. The number of rotatable bonds is 4. The fourth-order valence-electron chi connectivity index (χ4n) is 1.07. The van der Waals surface area contributed by atoms with Gasteiger partial charge in [-0.2, -0.15) is 0 Å². The van der Waals surface area contributed by atoms with Gasteiger partial charge in [0.15, 0.2) is 4.77 Å². The number of aliphatic hydroxyl groups excluding tert-OH is 1. The third-order valence-corrected chi connectivity index (χ3v) is 1.91. The number of hydrogen-bond acceptors (Lipinski definition) is 3. The number of aromatic amines is 2. The highest BCUT2D eigenvalue weighted by Gasteiger charge is 2.06. The minimum Gasteiger partial charge on any atom is -0.391 e. The quantitative estimate of drug-likeness (QED) is 0.538. The third-order valence-electron chi connectivity index (χ3n) is 1.69. The molecule has 0 saturated heterocycles. The topological polar surface area (TPSA) is 80.9 Å². The molecule has 1 unspecified atom stereocenters. The minimum absolute atomic E-state index is 0.147. The molecule has 0 aliphatic heterocycles. The van der Waals surface area contributed by atoms with Crippen molar-refractivity contribution in [2.45, 2.75) is 19.4 Å². The van der Waals surface area contributed by atoms with Crippen molar-refractivity contribution in [1.82, 2.24) is 15.3 Å². The number of aromatic nitrogens is 2. The van der Waals surface area contributed by atoms with E-state index in [2.05, 4.69) is 15.3 Å². The van der Waals surface area contributed by atoms with E-state index in [9.17, 15) is 9.90 Å². The van der Waals surface area contributed by atoms with Crippen molar-refractivity contribution in [3.8, 4) is 0 Å². The molecular formula is C8H13N3O2S. The Morgan fingerprint density at radius 2 is 2.50 bits per heavy atom. The van der Waals surface area contributed by atoms with Crippen LogP contribution in [-0.2, 0) is 11.2 Å². The number of amides is 1. The van der Waals surface area contributed by atoms with Crippen LogP contribution in [0.3, 0.4) is 0 Å². The van der Waals surface area contributed by atoms with Crippen LogP contribution in [0.25, 0.3) is 0 Å².